The summed E-state index contributed by atoms with van der Waals surface area (Å²) in [5.41, 5.74) is 7.55. The first kappa shape index (κ1) is 18.8. The molecule has 1 atom stereocenters. The summed E-state index contributed by atoms with van der Waals surface area (Å²) in [6, 6.07) is 5.72. The van der Waals surface area contributed by atoms with Gasteiger partial charge < -0.3 is 10.8 Å². The molecule has 1 aromatic rings. The first-order chi connectivity index (χ1) is 11.7. The molecule has 0 amide bonds. The normalized spacial score (nSPS) is 19.0. The number of aliphatic carboxylic acids is 1. The lowest BCUT2D eigenvalue weighted by molar-refractivity contribution is -0.132. The van der Waals surface area contributed by atoms with Crippen LogP contribution in [-0.2, 0) is 21.0 Å². The van der Waals surface area contributed by atoms with Crippen LogP contribution >= 0.6 is 0 Å². The molecule has 4 nitrogen and oxygen atoms in total. The van der Waals surface area contributed by atoms with E-state index in [1.54, 1.807) is 0 Å². The Balaban J connectivity index is 2.24. The topological polar surface area (TPSA) is 80.4 Å². The SMILES string of the molecule is C=C(C#Cc1ccc2c(c1)C(C)(C)CCS2=O)/C=C\C(=C/N)C(=O)O. The molecule has 0 radical (unpaired) electrons. The standard InChI is InChI=1S/C20H21NO3S/c1-14(5-8-16(13-21)19(22)23)4-6-15-7-9-18-17(12-15)20(2,3)10-11-25(18)24/h5,7-9,12-13H,1,10-11,21H2,2-3H3,(H,22,23)/b8-5-,16-13+. The summed E-state index contributed by atoms with van der Waals surface area (Å²) in [6.45, 7) is 8.09. The molecule has 0 aliphatic carbocycles. The van der Waals surface area contributed by atoms with Gasteiger partial charge in [-0.1, -0.05) is 32.3 Å². The number of nitrogens with two attached hydrogens (primary N) is 1. The summed E-state index contributed by atoms with van der Waals surface area (Å²) in [6.07, 6.45) is 4.77. The van der Waals surface area contributed by atoms with Crippen LogP contribution in [0.4, 0.5) is 0 Å². The fourth-order valence-corrected chi connectivity index (χ4v) is 4.23. The lowest BCUT2D eigenvalue weighted by Gasteiger charge is -2.31. The number of allylic oxidation sites excluding steroid dienone is 2. The van der Waals surface area contributed by atoms with Crippen molar-refractivity contribution in [3.63, 3.8) is 0 Å². The number of rotatable bonds is 3. The number of carboxylic acids is 1. The molecule has 0 saturated heterocycles. The summed E-state index contributed by atoms with van der Waals surface area (Å²) in [7, 11) is -0.947. The van der Waals surface area contributed by atoms with Crippen LogP contribution in [0.15, 0.2) is 59.2 Å². The number of hydrogen-bond acceptors (Lipinski definition) is 3. The molecule has 1 aliphatic rings. The van der Waals surface area contributed by atoms with Crippen LogP contribution in [-0.4, -0.2) is 21.0 Å². The minimum absolute atomic E-state index is 0.0269. The first-order valence-corrected chi connectivity index (χ1v) is 9.13. The van der Waals surface area contributed by atoms with Crippen molar-refractivity contribution in [1.29, 1.82) is 0 Å². The van der Waals surface area contributed by atoms with Crippen LogP contribution in [0.2, 0.25) is 0 Å². The van der Waals surface area contributed by atoms with Crippen LogP contribution in [0.3, 0.4) is 0 Å². The van der Waals surface area contributed by atoms with E-state index in [0.29, 0.717) is 11.3 Å². The Kier molecular flexibility index (Phi) is 5.66. The van der Waals surface area contributed by atoms with Gasteiger partial charge in [0.05, 0.1) is 16.4 Å². The Morgan fingerprint density at radius 3 is 2.76 bits per heavy atom. The molecule has 1 heterocycles. The zero-order valence-electron chi connectivity index (χ0n) is 14.3. The minimum Gasteiger partial charge on any atom is -0.478 e. The second kappa shape index (κ2) is 7.54. The molecule has 0 aromatic heterocycles. The average Bonchev–Trinajstić information content (AvgIpc) is 2.57. The molecule has 5 heteroatoms. The Morgan fingerprint density at radius 1 is 1.40 bits per heavy atom. The molecule has 0 spiro atoms. The van der Waals surface area contributed by atoms with Gasteiger partial charge in [0.2, 0.25) is 0 Å². The number of carbonyl (C=O) groups is 1. The van der Waals surface area contributed by atoms with Gasteiger partial charge in [-0.3, -0.25) is 4.21 Å². The van der Waals surface area contributed by atoms with Crippen LogP contribution < -0.4 is 5.73 Å². The molecular weight excluding hydrogens is 334 g/mol. The summed E-state index contributed by atoms with van der Waals surface area (Å²) in [5.74, 6) is 5.50. The highest BCUT2D eigenvalue weighted by Gasteiger charge is 2.31. The molecule has 0 fully saturated rings. The van der Waals surface area contributed by atoms with E-state index in [9.17, 15) is 9.00 Å². The second-order valence-corrected chi connectivity index (χ2v) is 7.97. The molecule has 0 bridgehead atoms. The molecule has 1 unspecified atom stereocenters. The third kappa shape index (κ3) is 4.49. The van der Waals surface area contributed by atoms with E-state index >= 15 is 0 Å². The highest BCUT2D eigenvalue weighted by Crippen LogP contribution is 2.37. The average molecular weight is 355 g/mol. The maximum Gasteiger partial charge on any atom is 0.337 e. The largest absolute Gasteiger partial charge is 0.478 e. The van der Waals surface area contributed by atoms with Crippen molar-refractivity contribution in [3.05, 3.63) is 65.4 Å². The van der Waals surface area contributed by atoms with Crippen molar-refractivity contribution in [1.82, 2.24) is 0 Å². The number of fused-ring (bicyclic) bond motifs is 1. The number of hydrogen-bond donors (Lipinski definition) is 2. The van der Waals surface area contributed by atoms with Crippen molar-refractivity contribution >= 4 is 16.8 Å². The van der Waals surface area contributed by atoms with Gasteiger partial charge in [0, 0.05) is 28.0 Å². The van der Waals surface area contributed by atoms with Crippen molar-refractivity contribution in [3.8, 4) is 11.8 Å². The van der Waals surface area contributed by atoms with Gasteiger partial charge in [-0.05, 0) is 47.8 Å². The maximum atomic E-state index is 12.2. The van der Waals surface area contributed by atoms with Gasteiger partial charge >= 0.3 is 5.97 Å². The van der Waals surface area contributed by atoms with Gasteiger partial charge in [0.15, 0.2) is 0 Å². The van der Waals surface area contributed by atoms with Crippen molar-refractivity contribution in [2.45, 2.75) is 30.6 Å². The van der Waals surface area contributed by atoms with E-state index in [2.05, 4.69) is 32.3 Å². The molecule has 2 rings (SSSR count). The molecule has 1 aliphatic heterocycles. The van der Waals surface area contributed by atoms with Crippen LogP contribution in [0.1, 0.15) is 31.4 Å². The smallest absolute Gasteiger partial charge is 0.337 e. The van der Waals surface area contributed by atoms with Crippen LogP contribution in [0.25, 0.3) is 0 Å². The zero-order chi connectivity index (χ0) is 18.6. The van der Waals surface area contributed by atoms with Crippen LogP contribution in [0.5, 0.6) is 0 Å². The van der Waals surface area contributed by atoms with Crippen molar-refractivity contribution in [2.24, 2.45) is 5.73 Å². The Bertz CT molecular complexity index is 867. The fraction of sp³-hybridized carbons (Fsp3) is 0.250. The van der Waals surface area contributed by atoms with Gasteiger partial charge in [-0.25, -0.2) is 4.79 Å². The molecule has 3 N–H and O–H groups in total. The Morgan fingerprint density at radius 2 is 2.12 bits per heavy atom. The Labute approximate surface area is 150 Å². The summed E-state index contributed by atoms with van der Waals surface area (Å²) in [5, 5.41) is 8.89. The molecule has 25 heavy (non-hydrogen) atoms. The lowest BCUT2D eigenvalue weighted by Crippen LogP contribution is -2.27. The van der Waals surface area contributed by atoms with Gasteiger partial charge in [0.1, 0.15) is 0 Å². The summed E-state index contributed by atoms with van der Waals surface area (Å²) >= 11 is 0. The monoisotopic (exact) mass is 355 g/mol. The lowest BCUT2D eigenvalue weighted by atomic mass is 9.81. The molecule has 0 saturated carbocycles. The molecule has 1 aromatic carbocycles. The van der Waals surface area contributed by atoms with Gasteiger partial charge in [-0.2, -0.15) is 0 Å². The van der Waals surface area contributed by atoms with E-state index < -0.39 is 16.8 Å². The third-order valence-electron chi connectivity index (χ3n) is 4.12. The molecule has 130 valence electrons. The third-order valence-corrected chi connectivity index (χ3v) is 5.55. The van der Waals surface area contributed by atoms with Crippen molar-refractivity contribution < 1.29 is 14.1 Å². The van der Waals surface area contributed by atoms with E-state index in [-0.39, 0.29) is 11.0 Å². The maximum absolute atomic E-state index is 12.2. The predicted molar refractivity (Wildman–Crippen MR) is 100 cm³/mol. The highest BCUT2D eigenvalue weighted by molar-refractivity contribution is 7.85. The minimum atomic E-state index is -1.11. The van der Waals surface area contributed by atoms with Crippen LogP contribution in [0, 0.1) is 11.8 Å². The fourth-order valence-electron chi connectivity index (χ4n) is 2.51. The predicted octanol–water partition coefficient (Wildman–Crippen LogP) is 2.87. The molecular formula is C20H21NO3S. The summed E-state index contributed by atoms with van der Waals surface area (Å²) < 4.78 is 12.2. The van der Waals surface area contributed by atoms with E-state index in [0.717, 1.165) is 28.6 Å². The second-order valence-electron chi connectivity index (χ2n) is 6.43. The number of benzene rings is 1. The van der Waals surface area contributed by atoms with Gasteiger partial charge in [0.25, 0.3) is 0 Å². The van der Waals surface area contributed by atoms with E-state index in [1.165, 1.54) is 12.2 Å². The first-order valence-electron chi connectivity index (χ1n) is 7.82. The van der Waals surface area contributed by atoms with Crippen molar-refractivity contribution in [2.75, 3.05) is 5.75 Å². The number of carboxylic acid groups (broad SMARTS) is 1. The quantitative estimate of drug-likeness (QED) is 0.496. The summed E-state index contributed by atoms with van der Waals surface area (Å²) in [4.78, 5) is 11.7. The van der Waals surface area contributed by atoms with Gasteiger partial charge in [-0.15, -0.1) is 0 Å². The van der Waals surface area contributed by atoms with E-state index in [1.807, 2.05) is 18.2 Å². The Hall–Kier alpha value is -2.58. The zero-order valence-corrected chi connectivity index (χ0v) is 15.2. The van der Waals surface area contributed by atoms with E-state index in [4.69, 9.17) is 10.8 Å². The highest BCUT2D eigenvalue weighted by atomic mass is 32.2.